The molecule has 24 heavy (non-hydrogen) atoms. The summed E-state index contributed by atoms with van der Waals surface area (Å²) >= 11 is 0. The molecule has 0 aliphatic carbocycles. The Kier molecular flexibility index (Phi) is 4.94. The molecule has 1 saturated heterocycles. The minimum atomic E-state index is -0.284. The zero-order valence-corrected chi connectivity index (χ0v) is 13.9. The molecule has 128 valence electrons. The molecular formula is C18H23FN4O. The van der Waals surface area contributed by atoms with E-state index in [1.807, 2.05) is 11.0 Å². The average molecular weight is 330 g/mol. The van der Waals surface area contributed by atoms with Gasteiger partial charge in [-0.2, -0.15) is 5.10 Å². The molecule has 1 aliphatic heterocycles. The number of carbonyl (C=O) groups is 1. The van der Waals surface area contributed by atoms with Crippen LogP contribution in [0.25, 0.3) is 5.69 Å². The smallest absolute Gasteiger partial charge is 0.228 e. The molecule has 0 spiro atoms. The number of hydrogen-bond acceptors (Lipinski definition) is 3. The maximum Gasteiger partial charge on any atom is 0.228 e. The molecule has 1 aliphatic rings. The summed E-state index contributed by atoms with van der Waals surface area (Å²) in [6.07, 6.45) is 4.19. The number of aromatic nitrogens is 2. The number of amides is 1. The highest BCUT2D eigenvalue weighted by Crippen LogP contribution is 2.23. The minimum Gasteiger partial charge on any atom is -0.338 e. The fraction of sp³-hybridized carbons (Fsp3) is 0.444. The molecule has 5 nitrogen and oxygen atoms in total. The first kappa shape index (κ1) is 16.6. The standard InChI is InChI=1S/C18H23FN4O/c1-13-3-2-9-22(17(13)12-20)18(24)11-15-8-10-23(21-15)16-6-4-14(19)5-7-16/h4-8,10,13,17H,2-3,9,11-12,20H2,1H3/t13-,17-/m1/s1. The Bertz CT molecular complexity index is 697. The minimum absolute atomic E-state index is 0.0707. The van der Waals surface area contributed by atoms with Gasteiger partial charge in [0.15, 0.2) is 0 Å². The van der Waals surface area contributed by atoms with Crippen LogP contribution in [0, 0.1) is 11.7 Å². The van der Waals surface area contributed by atoms with Gasteiger partial charge in [0.2, 0.25) is 5.91 Å². The van der Waals surface area contributed by atoms with Crippen molar-refractivity contribution >= 4 is 5.91 Å². The lowest BCUT2D eigenvalue weighted by Crippen LogP contribution is -2.51. The first-order valence-electron chi connectivity index (χ1n) is 8.38. The summed E-state index contributed by atoms with van der Waals surface area (Å²) in [4.78, 5) is 14.6. The molecule has 0 unspecified atom stereocenters. The van der Waals surface area contributed by atoms with E-state index in [1.54, 1.807) is 23.0 Å². The lowest BCUT2D eigenvalue weighted by atomic mass is 9.90. The molecule has 6 heteroatoms. The monoisotopic (exact) mass is 330 g/mol. The Balaban J connectivity index is 1.70. The van der Waals surface area contributed by atoms with E-state index in [0.29, 0.717) is 18.2 Å². The molecule has 1 aromatic heterocycles. The number of piperidine rings is 1. The number of nitrogens with zero attached hydrogens (tertiary/aromatic N) is 3. The predicted molar refractivity (Wildman–Crippen MR) is 90.2 cm³/mol. The van der Waals surface area contributed by atoms with Crippen molar-refractivity contribution < 1.29 is 9.18 Å². The van der Waals surface area contributed by atoms with Gasteiger partial charge in [-0.25, -0.2) is 9.07 Å². The second-order valence-electron chi connectivity index (χ2n) is 6.41. The zero-order chi connectivity index (χ0) is 17.1. The molecule has 0 bridgehead atoms. The van der Waals surface area contributed by atoms with Crippen LogP contribution in [0.4, 0.5) is 4.39 Å². The maximum absolute atomic E-state index is 13.0. The first-order chi connectivity index (χ1) is 11.6. The van der Waals surface area contributed by atoms with E-state index in [4.69, 9.17) is 5.73 Å². The van der Waals surface area contributed by atoms with Crippen LogP contribution < -0.4 is 5.73 Å². The van der Waals surface area contributed by atoms with Gasteiger partial charge in [0, 0.05) is 25.3 Å². The summed E-state index contributed by atoms with van der Waals surface area (Å²) < 4.78 is 14.7. The summed E-state index contributed by atoms with van der Waals surface area (Å²) in [5.74, 6) is 0.221. The van der Waals surface area contributed by atoms with Crippen molar-refractivity contribution in [3.8, 4) is 5.69 Å². The molecule has 0 radical (unpaired) electrons. The third-order valence-corrected chi connectivity index (χ3v) is 4.75. The Morgan fingerprint density at radius 1 is 1.33 bits per heavy atom. The zero-order valence-electron chi connectivity index (χ0n) is 13.9. The number of likely N-dealkylation sites (tertiary alicyclic amines) is 1. The van der Waals surface area contributed by atoms with Crippen LogP contribution in [-0.4, -0.2) is 39.7 Å². The number of halogens is 1. The highest BCUT2D eigenvalue weighted by Gasteiger charge is 2.30. The normalized spacial score (nSPS) is 21.0. The van der Waals surface area contributed by atoms with Gasteiger partial charge in [0.05, 0.1) is 17.8 Å². The number of benzene rings is 1. The molecule has 2 N–H and O–H groups in total. The van der Waals surface area contributed by atoms with E-state index in [0.717, 1.165) is 25.1 Å². The predicted octanol–water partition coefficient (Wildman–Crippen LogP) is 2.14. The molecular weight excluding hydrogens is 307 g/mol. The van der Waals surface area contributed by atoms with Gasteiger partial charge in [0.1, 0.15) is 5.82 Å². The molecule has 1 aromatic carbocycles. The highest BCUT2D eigenvalue weighted by molar-refractivity contribution is 5.78. The molecule has 2 atom stereocenters. The van der Waals surface area contributed by atoms with E-state index in [-0.39, 0.29) is 24.2 Å². The van der Waals surface area contributed by atoms with Crippen LogP contribution >= 0.6 is 0 Å². The molecule has 0 saturated carbocycles. The van der Waals surface area contributed by atoms with Gasteiger partial charge in [-0.1, -0.05) is 6.92 Å². The van der Waals surface area contributed by atoms with Crippen molar-refractivity contribution in [3.63, 3.8) is 0 Å². The number of nitrogens with two attached hydrogens (primary N) is 1. The third kappa shape index (κ3) is 3.48. The second-order valence-corrected chi connectivity index (χ2v) is 6.41. The summed E-state index contributed by atoms with van der Waals surface area (Å²) in [7, 11) is 0. The van der Waals surface area contributed by atoms with Crippen LogP contribution in [0.1, 0.15) is 25.5 Å². The molecule has 1 amide bonds. The third-order valence-electron chi connectivity index (χ3n) is 4.75. The lowest BCUT2D eigenvalue weighted by molar-refractivity contribution is -0.135. The number of hydrogen-bond donors (Lipinski definition) is 1. The number of carbonyl (C=O) groups excluding carboxylic acids is 1. The number of rotatable bonds is 4. The summed E-state index contributed by atoms with van der Waals surface area (Å²) in [5.41, 5.74) is 7.34. The van der Waals surface area contributed by atoms with E-state index in [9.17, 15) is 9.18 Å². The Hall–Kier alpha value is -2.21. The molecule has 3 rings (SSSR count). The van der Waals surface area contributed by atoms with Gasteiger partial charge in [0.25, 0.3) is 0 Å². The van der Waals surface area contributed by atoms with Crippen molar-refractivity contribution in [3.05, 3.63) is 48.0 Å². The first-order valence-corrected chi connectivity index (χ1v) is 8.38. The fourth-order valence-electron chi connectivity index (χ4n) is 3.37. The lowest BCUT2D eigenvalue weighted by Gasteiger charge is -2.39. The molecule has 2 aromatic rings. The second kappa shape index (κ2) is 7.13. The average Bonchev–Trinajstić information content (AvgIpc) is 3.03. The Morgan fingerprint density at radius 2 is 2.08 bits per heavy atom. The SMILES string of the molecule is C[C@@H]1CCCN(C(=O)Cc2ccn(-c3ccc(F)cc3)n2)[C@@H]1CN. The van der Waals surface area contributed by atoms with Crippen LogP contribution in [-0.2, 0) is 11.2 Å². The van der Waals surface area contributed by atoms with E-state index < -0.39 is 0 Å². The van der Waals surface area contributed by atoms with Gasteiger partial charge >= 0.3 is 0 Å². The van der Waals surface area contributed by atoms with Crippen molar-refractivity contribution in [1.82, 2.24) is 14.7 Å². The summed E-state index contributed by atoms with van der Waals surface area (Å²) in [5, 5.41) is 4.43. The Labute approximate surface area is 141 Å². The topological polar surface area (TPSA) is 64.2 Å². The van der Waals surface area contributed by atoms with Crippen LogP contribution in [0.3, 0.4) is 0 Å². The molecule has 2 heterocycles. The highest BCUT2D eigenvalue weighted by atomic mass is 19.1. The largest absolute Gasteiger partial charge is 0.338 e. The van der Waals surface area contributed by atoms with E-state index in [2.05, 4.69) is 12.0 Å². The Morgan fingerprint density at radius 3 is 2.79 bits per heavy atom. The van der Waals surface area contributed by atoms with Crippen LogP contribution in [0.5, 0.6) is 0 Å². The quantitative estimate of drug-likeness (QED) is 0.934. The van der Waals surface area contributed by atoms with Crippen LogP contribution in [0.15, 0.2) is 36.5 Å². The van der Waals surface area contributed by atoms with Crippen LogP contribution in [0.2, 0.25) is 0 Å². The van der Waals surface area contributed by atoms with Gasteiger partial charge in [-0.15, -0.1) is 0 Å². The van der Waals surface area contributed by atoms with E-state index >= 15 is 0 Å². The summed E-state index contributed by atoms with van der Waals surface area (Å²) in [6.45, 7) is 3.42. The molecule has 1 fully saturated rings. The summed E-state index contributed by atoms with van der Waals surface area (Å²) in [6, 6.07) is 8.04. The van der Waals surface area contributed by atoms with Gasteiger partial charge < -0.3 is 10.6 Å². The van der Waals surface area contributed by atoms with Crippen molar-refractivity contribution in [1.29, 1.82) is 0 Å². The van der Waals surface area contributed by atoms with Gasteiger partial charge in [-0.05, 0) is 49.1 Å². The van der Waals surface area contributed by atoms with Crippen molar-refractivity contribution in [2.75, 3.05) is 13.1 Å². The fourth-order valence-corrected chi connectivity index (χ4v) is 3.37. The van der Waals surface area contributed by atoms with Crippen molar-refractivity contribution in [2.24, 2.45) is 11.7 Å². The maximum atomic E-state index is 13.0. The van der Waals surface area contributed by atoms with E-state index in [1.165, 1.54) is 12.1 Å². The van der Waals surface area contributed by atoms with Gasteiger partial charge in [-0.3, -0.25) is 4.79 Å². The van der Waals surface area contributed by atoms with Crippen molar-refractivity contribution in [2.45, 2.75) is 32.2 Å².